The van der Waals surface area contributed by atoms with Gasteiger partial charge in [-0.1, -0.05) is 37.5 Å². The van der Waals surface area contributed by atoms with Gasteiger partial charge >= 0.3 is 5.97 Å². The molecule has 3 amide bonds. The molecule has 1 fully saturated rings. The molecule has 3 aliphatic rings. The summed E-state index contributed by atoms with van der Waals surface area (Å²) in [6.07, 6.45) is 5.53. The van der Waals surface area contributed by atoms with Crippen molar-refractivity contribution >= 4 is 29.4 Å². The molecule has 1 atom stereocenters. The third-order valence-corrected chi connectivity index (χ3v) is 6.90. The Bertz CT molecular complexity index is 1150. The Balaban J connectivity index is 1.27. The average molecular weight is 447 g/mol. The largest absolute Gasteiger partial charge is 0.452 e. The minimum Gasteiger partial charge on any atom is -0.452 e. The summed E-state index contributed by atoms with van der Waals surface area (Å²) < 4.78 is 5.29. The molecule has 0 bridgehead atoms. The molecule has 2 aliphatic heterocycles. The number of rotatable bonds is 4. The zero-order valence-corrected chi connectivity index (χ0v) is 18.6. The van der Waals surface area contributed by atoms with Gasteiger partial charge < -0.3 is 9.64 Å². The number of amides is 3. The molecular formula is C26H26N2O5. The highest BCUT2D eigenvalue weighted by Gasteiger charge is 2.40. The number of nitrogens with zero attached hydrogens (tertiary/aromatic N) is 2. The summed E-state index contributed by atoms with van der Waals surface area (Å²) in [6, 6.07) is 12.0. The maximum absolute atomic E-state index is 13.0. The summed E-state index contributed by atoms with van der Waals surface area (Å²) >= 11 is 0. The predicted octanol–water partition coefficient (Wildman–Crippen LogP) is 3.75. The van der Waals surface area contributed by atoms with E-state index in [1.54, 1.807) is 4.90 Å². The third-order valence-electron chi connectivity index (χ3n) is 6.90. The number of benzene rings is 2. The van der Waals surface area contributed by atoms with Gasteiger partial charge in [-0.2, -0.15) is 0 Å². The van der Waals surface area contributed by atoms with E-state index < -0.39 is 12.6 Å². The van der Waals surface area contributed by atoms with E-state index >= 15 is 0 Å². The first kappa shape index (κ1) is 21.4. The van der Waals surface area contributed by atoms with Gasteiger partial charge in [-0.3, -0.25) is 19.3 Å². The number of carbonyl (C=O) groups excluding carboxylic acids is 4. The van der Waals surface area contributed by atoms with E-state index in [4.69, 9.17) is 4.74 Å². The van der Waals surface area contributed by atoms with Crippen molar-refractivity contribution in [2.24, 2.45) is 0 Å². The molecule has 1 aliphatic carbocycles. The minimum atomic E-state index is -0.692. The fraction of sp³-hybridized carbons (Fsp3) is 0.385. The zero-order valence-electron chi connectivity index (χ0n) is 18.6. The molecule has 2 heterocycles. The molecule has 2 aromatic carbocycles. The minimum absolute atomic E-state index is 0.0111. The van der Waals surface area contributed by atoms with E-state index in [0.717, 1.165) is 49.8 Å². The van der Waals surface area contributed by atoms with E-state index in [9.17, 15) is 19.2 Å². The molecular weight excluding hydrogens is 420 g/mol. The van der Waals surface area contributed by atoms with Crippen LogP contribution < -0.4 is 4.90 Å². The molecule has 0 radical (unpaired) electrons. The first-order valence-corrected chi connectivity index (χ1v) is 11.5. The molecule has 0 spiro atoms. The summed E-state index contributed by atoms with van der Waals surface area (Å²) in [4.78, 5) is 54.3. The van der Waals surface area contributed by atoms with Crippen LogP contribution in [-0.2, 0) is 16.0 Å². The van der Waals surface area contributed by atoms with Gasteiger partial charge in [-0.05, 0) is 56.0 Å². The second-order valence-corrected chi connectivity index (χ2v) is 9.05. The van der Waals surface area contributed by atoms with Crippen molar-refractivity contribution in [3.63, 3.8) is 0 Å². The van der Waals surface area contributed by atoms with Gasteiger partial charge in [0, 0.05) is 17.8 Å². The normalized spacial score (nSPS) is 20.1. The summed E-state index contributed by atoms with van der Waals surface area (Å²) in [5, 5.41) is 0. The van der Waals surface area contributed by atoms with Crippen LogP contribution in [0.25, 0.3) is 0 Å². The lowest BCUT2D eigenvalue weighted by molar-refractivity contribution is -0.122. The van der Waals surface area contributed by atoms with Crippen molar-refractivity contribution in [3.05, 3.63) is 64.7 Å². The topological polar surface area (TPSA) is 84.0 Å². The maximum atomic E-state index is 13.0. The number of carbonyl (C=O) groups is 4. The van der Waals surface area contributed by atoms with Gasteiger partial charge in [0.15, 0.2) is 6.61 Å². The Hall–Kier alpha value is -3.48. The van der Waals surface area contributed by atoms with E-state index in [-0.39, 0.29) is 40.9 Å². The molecule has 7 heteroatoms. The average Bonchev–Trinajstić information content (AvgIpc) is 3.30. The van der Waals surface area contributed by atoms with Crippen LogP contribution in [0.4, 0.5) is 5.69 Å². The van der Waals surface area contributed by atoms with E-state index in [0.29, 0.717) is 5.56 Å². The lowest BCUT2D eigenvalue weighted by atomic mass is 9.94. The highest BCUT2D eigenvalue weighted by Crippen LogP contribution is 2.33. The Morgan fingerprint density at radius 1 is 0.970 bits per heavy atom. The van der Waals surface area contributed by atoms with Crippen molar-refractivity contribution in [2.45, 2.75) is 57.5 Å². The fourth-order valence-corrected chi connectivity index (χ4v) is 5.28. The SMILES string of the molecule is C[C@H]1Cc2ccccc2N1C(=O)COC(=O)c1ccc2c(c1)C(=O)N(C1CCCCC1)C2=O. The summed E-state index contributed by atoms with van der Waals surface area (Å²) in [6.45, 7) is 1.57. The maximum Gasteiger partial charge on any atom is 0.338 e. The second-order valence-electron chi connectivity index (χ2n) is 9.05. The van der Waals surface area contributed by atoms with Crippen LogP contribution in [0.15, 0.2) is 42.5 Å². The van der Waals surface area contributed by atoms with Gasteiger partial charge in [0.1, 0.15) is 0 Å². The van der Waals surface area contributed by atoms with Gasteiger partial charge in [0.25, 0.3) is 17.7 Å². The quantitative estimate of drug-likeness (QED) is 0.528. The summed E-state index contributed by atoms with van der Waals surface area (Å²) in [5.74, 6) is -1.63. The molecule has 2 aromatic rings. The van der Waals surface area contributed by atoms with Crippen molar-refractivity contribution in [1.82, 2.24) is 4.90 Å². The van der Waals surface area contributed by atoms with Crippen LogP contribution in [0.3, 0.4) is 0 Å². The number of para-hydroxylation sites is 1. The van der Waals surface area contributed by atoms with Crippen molar-refractivity contribution in [2.75, 3.05) is 11.5 Å². The smallest absolute Gasteiger partial charge is 0.338 e. The molecule has 0 unspecified atom stereocenters. The Kier molecular flexibility index (Phi) is 5.48. The number of hydrogen-bond donors (Lipinski definition) is 0. The Morgan fingerprint density at radius 2 is 1.70 bits per heavy atom. The highest BCUT2D eigenvalue weighted by atomic mass is 16.5. The van der Waals surface area contributed by atoms with Gasteiger partial charge in [-0.15, -0.1) is 0 Å². The van der Waals surface area contributed by atoms with E-state index in [1.165, 1.54) is 23.1 Å². The highest BCUT2D eigenvalue weighted by molar-refractivity contribution is 6.22. The Labute approximate surface area is 192 Å². The molecule has 0 aromatic heterocycles. The van der Waals surface area contributed by atoms with Crippen molar-refractivity contribution < 1.29 is 23.9 Å². The Morgan fingerprint density at radius 3 is 2.48 bits per heavy atom. The number of ether oxygens (including phenoxy) is 1. The van der Waals surface area contributed by atoms with E-state index in [1.807, 2.05) is 31.2 Å². The number of fused-ring (bicyclic) bond motifs is 2. The molecule has 5 rings (SSSR count). The van der Waals surface area contributed by atoms with Gasteiger partial charge in [0.05, 0.1) is 16.7 Å². The van der Waals surface area contributed by atoms with E-state index in [2.05, 4.69) is 0 Å². The van der Waals surface area contributed by atoms with Crippen LogP contribution in [-0.4, -0.2) is 47.3 Å². The number of hydrogen-bond acceptors (Lipinski definition) is 5. The molecule has 33 heavy (non-hydrogen) atoms. The zero-order chi connectivity index (χ0) is 23.1. The second kappa shape index (κ2) is 8.46. The van der Waals surface area contributed by atoms with Crippen LogP contribution in [0, 0.1) is 0 Å². The molecule has 1 saturated carbocycles. The molecule has 170 valence electrons. The number of esters is 1. The summed E-state index contributed by atoms with van der Waals surface area (Å²) in [7, 11) is 0. The first-order chi connectivity index (χ1) is 16.0. The van der Waals surface area contributed by atoms with Crippen LogP contribution in [0.2, 0.25) is 0 Å². The molecule has 0 N–H and O–H groups in total. The van der Waals surface area contributed by atoms with Crippen LogP contribution >= 0.6 is 0 Å². The van der Waals surface area contributed by atoms with Crippen LogP contribution in [0.1, 0.15) is 75.7 Å². The monoisotopic (exact) mass is 446 g/mol. The fourth-order valence-electron chi connectivity index (χ4n) is 5.28. The van der Waals surface area contributed by atoms with Crippen molar-refractivity contribution in [3.8, 4) is 0 Å². The number of anilines is 1. The standard InChI is InChI=1S/C26H26N2O5/c1-16-13-17-7-5-6-10-22(17)27(16)23(29)15-33-26(32)18-11-12-20-21(14-18)25(31)28(24(20)30)19-8-3-2-4-9-19/h5-7,10-12,14,16,19H,2-4,8-9,13,15H2,1H3/t16-/m0/s1. The first-order valence-electron chi connectivity index (χ1n) is 11.5. The predicted molar refractivity (Wildman–Crippen MR) is 121 cm³/mol. The lowest BCUT2D eigenvalue weighted by Crippen LogP contribution is -2.40. The lowest BCUT2D eigenvalue weighted by Gasteiger charge is -2.29. The third kappa shape index (κ3) is 3.71. The van der Waals surface area contributed by atoms with Crippen LogP contribution in [0.5, 0.6) is 0 Å². The molecule has 7 nitrogen and oxygen atoms in total. The summed E-state index contributed by atoms with van der Waals surface area (Å²) in [5.41, 5.74) is 2.64. The number of imide groups is 1. The van der Waals surface area contributed by atoms with Gasteiger partial charge in [-0.25, -0.2) is 4.79 Å². The molecule has 0 saturated heterocycles. The van der Waals surface area contributed by atoms with Gasteiger partial charge in [0.2, 0.25) is 0 Å². The van der Waals surface area contributed by atoms with Crippen molar-refractivity contribution in [1.29, 1.82) is 0 Å².